The van der Waals surface area contributed by atoms with Crippen LogP contribution in [-0.4, -0.2) is 31.2 Å². The number of nitriles is 1. The molecule has 8 heteroatoms. The maximum Gasteiger partial charge on any atom is 0.422 e. The lowest BCUT2D eigenvalue weighted by Crippen LogP contribution is -2.30. The predicted octanol–water partition coefficient (Wildman–Crippen LogP) is 2.94. The first-order valence-corrected chi connectivity index (χ1v) is 6.49. The van der Waals surface area contributed by atoms with Gasteiger partial charge in [0.1, 0.15) is 0 Å². The molecule has 0 aliphatic carbocycles. The Labute approximate surface area is 117 Å². The van der Waals surface area contributed by atoms with Crippen molar-refractivity contribution < 1.29 is 22.7 Å². The van der Waals surface area contributed by atoms with Crippen LogP contribution in [-0.2, 0) is 4.74 Å². The average Bonchev–Trinajstić information content (AvgIpc) is 2.41. The molecule has 0 saturated heterocycles. The van der Waals surface area contributed by atoms with E-state index in [0.29, 0.717) is 11.3 Å². The number of nitrogens with one attached hydrogen (secondary N) is 1. The lowest BCUT2D eigenvalue weighted by molar-refractivity contribution is -0.160. The van der Waals surface area contributed by atoms with E-state index in [-0.39, 0.29) is 6.54 Å². The summed E-state index contributed by atoms with van der Waals surface area (Å²) < 4.78 is 39.2. The van der Waals surface area contributed by atoms with Gasteiger partial charge in [0.2, 0.25) is 0 Å². The van der Waals surface area contributed by atoms with Crippen molar-refractivity contribution in [2.24, 2.45) is 0 Å². The van der Waals surface area contributed by atoms with Gasteiger partial charge in [0.15, 0.2) is 6.61 Å². The van der Waals surface area contributed by atoms with Crippen LogP contribution in [0.1, 0.15) is 5.56 Å². The molecule has 0 saturated carbocycles. The van der Waals surface area contributed by atoms with Gasteiger partial charge in [0.25, 0.3) is 0 Å². The molecule has 0 fully saturated rings. The number of thioether (sulfide) groups is 1. The normalized spacial score (nSPS) is 10.7. The summed E-state index contributed by atoms with van der Waals surface area (Å²) in [7, 11) is 0. The largest absolute Gasteiger partial charge is 0.440 e. The molecule has 1 N–H and O–H groups in total. The molecule has 0 atom stereocenters. The van der Waals surface area contributed by atoms with Crippen molar-refractivity contribution in [3.8, 4) is 6.07 Å². The fourth-order valence-electron chi connectivity index (χ4n) is 1.15. The molecule has 20 heavy (non-hydrogen) atoms. The first-order valence-electron chi connectivity index (χ1n) is 5.51. The van der Waals surface area contributed by atoms with Gasteiger partial charge in [-0.25, -0.2) is 4.79 Å². The van der Waals surface area contributed by atoms with Crippen LogP contribution < -0.4 is 5.32 Å². The minimum Gasteiger partial charge on any atom is -0.440 e. The molecule has 1 rings (SSSR count). The number of alkyl halides is 3. The Hall–Kier alpha value is -1.88. The molecule has 1 aromatic carbocycles. The maximum atomic E-state index is 11.8. The number of hydrogen-bond donors (Lipinski definition) is 1. The monoisotopic (exact) mass is 304 g/mol. The number of halogens is 3. The van der Waals surface area contributed by atoms with Crippen molar-refractivity contribution in [1.29, 1.82) is 5.26 Å². The third kappa shape index (κ3) is 6.89. The second-order valence-electron chi connectivity index (χ2n) is 3.60. The van der Waals surface area contributed by atoms with Gasteiger partial charge in [-0.3, -0.25) is 0 Å². The Kier molecular flexibility index (Phi) is 6.18. The number of carbonyl (C=O) groups excluding carboxylic acids is 1. The Balaban J connectivity index is 2.18. The first-order chi connectivity index (χ1) is 9.40. The standard InChI is InChI=1S/C12H11F3N2O2S/c13-12(14,15)8-19-11(18)17-5-6-20-10-3-1-9(7-16)2-4-10/h1-4H,5-6,8H2,(H,17,18). The van der Waals surface area contributed by atoms with E-state index in [4.69, 9.17) is 5.26 Å². The molecule has 1 aromatic rings. The number of rotatable bonds is 5. The molecule has 0 spiro atoms. The number of ether oxygens (including phenoxy) is 1. The van der Waals surface area contributed by atoms with Crippen molar-refractivity contribution in [3.63, 3.8) is 0 Å². The summed E-state index contributed by atoms with van der Waals surface area (Å²) in [5, 5.41) is 10.8. The van der Waals surface area contributed by atoms with E-state index >= 15 is 0 Å². The lowest BCUT2D eigenvalue weighted by Gasteiger charge is -2.08. The zero-order chi connectivity index (χ0) is 15.0. The minimum atomic E-state index is -4.52. The minimum absolute atomic E-state index is 0.182. The van der Waals surface area contributed by atoms with Crippen molar-refractivity contribution in [2.75, 3.05) is 18.9 Å². The number of alkyl carbamates (subject to hydrolysis) is 1. The van der Waals surface area contributed by atoms with E-state index in [0.717, 1.165) is 4.90 Å². The zero-order valence-electron chi connectivity index (χ0n) is 10.2. The third-order valence-electron chi connectivity index (χ3n) is 1.99. The topological polar surface area (TPSA) is 62.1 Å². The number of amides is 1. The van der Waals surface area contributed by atoms with Crippen LogP contribution in [0.4, 0.5) is 18.0 Å². The molecule has 0 bridgehead atoms. The molecular formula is C12H11F3N2O2S. The van der Waals surface area contributed by atoms with Crippen LogP contribution >= 0.6 is 11.8 Å². The van der Waals surface area contributed by atoms with Gasteiger partial charge in [-0.05, 0) is 24.3 Å². The second kappa shape index (κ2) is 7.65. The molecule has 4 nitrogen and oxygen atoms in total. The van der Waals surface area contributed by atoms with Gasteiger partial charge in [-0.2, -0.15) is 18.4 Å². The summed E-state index contributed by atoms with van der Waals surface area (Å²) in [5.41, 5.74) is 0.545. The first kappa shape index (κ1) is 16.2. The van der Waals surface area contributed by atoms with Gasteiger partial charge in [-0.1, -0.05) is 0 Å². The van der Waals surface area contributed by atoms with E-state index in [9.17, 15) is 18.0 Å². The van der Waals surface area contributed by atoms with Crippen LogP contribution in [0, 0.1) is 11.3 Å². The second-order valence-corrected chi connectivity index (χ2v) is 4.77. The summed E-state index contributed by atoms with van der Waals surface area (Å²) in [6, 6.07) is 8.82. The van der Waals surface area contributed by atoms with Crippen LogP contribution in [0.25, 0.3) is 0 Å². The van der Waals surface area contributed by atoms with E-state index in [2.05, 4.69) is 10.1 Å². The van der Waals surface area contributed by atoms with Crippen LogP contribution in [0.2, 0.25) is 0 Å². The average molecular weight is 304 g/mol. The lowest BCUT2D eigenvalue weighted by atomic mass is 10.2. The van der Waals surface area contributed by atoms with Crippen LogP contribution in [0.15, 0.2) is 29.2 Å². The Bertz CT molecular complexity index is 483. The number of nitrogens with zero attached hydrogens (tertiary/aromatic N) is 1. The summed E-state index contributed by atoms with van der Waals surface area (Å²) in [6.45, 7) is -1.41. The quantitative estimate of drug-likeness (QED) is 0.671. The van der Waals surface area contributed by atoms with E-state index in [1.54, 1.807) is 24.3 Å². The van der Waals surface area contributed by atoms with Crippen molar-refractivity contribution in [3.05, 3.63) is 29.8 Å². The number of hydrogen-bond acceptors (Lipinski definition) is 4. The molecule has 0 unspecified atom stereocenters. The molecule has 0 aromatic heterocycles. The zero-order valence-corrected chi connectivity index (χ0v) is 11.1. The van der Waals surface area contributed by atoms with Crippen LogP contribution in [0.5, 0.6) is 0 Å². The van der Waals surface area contributed by atoms with Crippen molar-refractivity contribution >= 4 is 17.9 Å². The fraction of sp³-hybridized carbons (Fsp3) is 0.333. The summed E-state index contributed by atoms with van der Waals surface area (Å²) in [6.07, 6.45) is -5.61. The summed E-state index contributed by atoms with van der Waals surface area (Å²) in [5.74, 6) is 0.479. The number of benzene rings is 1. The van der Waals surface area contributed by atoms with Crippen LogP contribution in [0.3, 0.4) is 0 Å². The molecule has 0 heterocycles. The maximum absolute atomic E-state index is 11.8. The highest BCUT2D eigenvalue weighted by Crippen LogP contribution is 2.17. The van der Waals surface area contributed by atoms with E-state index in [1.807, 2.05) is 6.07 Å². The molecule has 0 aliphatic rings. The van der Waals surface area contributed by atoms with E-state index < -0.39 is 18.9 Å². The van der Waals surface area contributed by atoms with Gasteiger partial charge >= 0.3 is 12.3 Å². The molecule has 1 amide bonds. The van der Waals surface area contributed by atoms with Gasteiger partial charge in [0.05, 0.1) is 11.6 Å². The van der Waals surface area contributed by atoms with E-state index in [1.165, 1.54) is 11.8 Å². The fourth-order valence-corrected chi connectivity index (χ4v) is 1.91. The SMILES string of the molecule is N#Cc1ccc(SCCNC(=O)OCC(F)(F)F)cc1. The van der Waals surface area contributed by atoms with Gasteiger partial charge < -0.3 is 10.1 Å². The molecule has 108 valence electrons. The van der Waals surface area contributed by atoms with Crippen molar-refractivity contribution in [2.45, 2.75) is 11.1 Å². The van der Waals surface area contributed by atoms with Gasteiger partial charge in [-0.15, -0.1) is 11.8 Å². The molecule has 0 radical (unpaired) electrons. The Morgan fingerprint density at radius 2 is 2.00 bits per heavy atom. The number of carbonyl (C=O) groups is 1. The predicted molar refractivity (Wildman–Crippen MR) is 67.3 cm³/mol. The highest BCUT2D eigenvalue weighted by molar-refractivity contribution is 7.99. The smallest absolute Gasteiger partial charge is 0.422 e. The molecular weight excluding hydrogens is 293 g/mol. The van der Waals surface area contributed by atoms with Crippen molar-refractivity contribution in [1.82, 2.24) is 5.32 Å². The highest BCUT2D eigenvalue weighted by atomic mass is 32.2. The Morgan fingerprint density at radius 1 is 1.35 bits per heavy atom. The summed E-state index contributed by atoms with van der Waals surface area (Å²) in [4.78, 5) is 11.8. The molecule has 0 aliphatic heterocycles. The third-order valence-corrected chi connectivity index (χ3v) is 3.00. The highest BCUT2D eigenvalue weighted by Gasteiger charge is 2.29. The summed E-state index contributed by atoms with van der Waals surface area (Å²) >= 11 is 1.40. The Morgan fingerprint density at radius 3 is 2.55 bits per heavy atom. The van der Waals surface area contributed by atoms with Gasteiger partial charge in [0, 0.05) is 17.2 Å².